The molecular weight excluding hydrogens is 360 g/mol. The molecule has 1 aliphatic rings. The Hall–Kier alpha value is -3.35. The Morgan fingerprint density at radius 2 is 1.86 bits per heavy atom. The largest absolute Gasteiger partial charge is 0.508 e. The van der Waals surface area contributed by atoms with Crippen molar-refractivity contribution in [3.8, 4) is 11.5 Å². The molecule has 0 radical (unpaired) electrons. The molecule has 0 bridgehead atoms. The van der Waals surface area contributed by atoms with Crippen molar-refractivity contribution in [2.75, 3.05) is 7.11 Å². The molecule has 0 aromatic heterocycles. The number of phenols is 1. The molecule has 1 aliphatic heterocycles. The SMILES string of the molecule is COc1ccc(C2=NN(C(=O)CCCC(=O)O)[C@@H](c3ccccc3O)C2)cc1. The van der Waals surface area contributed by atoms with Crippen molar-refractivity contribution in [1.29, 1.82) is 0 Å². The number of aromatic hydroxyl groups is 1. The topological polar surface area (TPSA) is 99.4 Å². The fourth-order valence-electron chi connectivity index (χ4n) is 3.22. The van der Waals surface area contributed by atoms with E-state index in [1.807, 2.05) is 24.3 Å². The second-order valence-electron chi connectivity index (χ2n) is 6.54. The number of carboxylic acids is 1. The minimum atomic E-state index is -0.936. The molecule has 0 saturated heterocycles. The molecule has 2 aromatic rings. The van der Waals surface area contributed by atoms with Gasteiger partial charge in [0.25, 0.3) is 0 Å². The van der Waals surface area contributed by atoms with Crippen LogP contribution in [0.1, 0.15) is 42.9 Å². The molecule has 0 saturated carbocycles. The molecule has 7 heteroatoms. The summed E-state index contributed by atoms with van der Waals surface area (Å²) in [5, 5.41) is 24.9. The first-order valence-corrected chi connectivity index (χ1v) is 9.03. The summed E-state index contributed by atoms with van der Waals surface area (Å²) in [6.07, 6.45) is 0.700. The highest BCUT2D eigenvalue weighted by Crippen LogP contribution is 2.37. The van der Waals surface area contributed by atoms with Crippen LogP contribution >= 0.6 is 0 Å². The molecule has 1 atom stereocenters. The van der Waals surface area contributed by atoms with Gasteiger partial charge in [0.15, 0.2) is 0 Å². The number of hydrogen-bond donors (Lipinski definition) is 2. The molecule has 146 valence electrons. The highest BCUT2D eigenvalue weighted by molar-refractivity contribution is 6.03. The van der Waals surface area contributed by atoms with Crippen molar-refractivity contribution in [2.24, 2.45) is 5.10 Å². The molecule has 3 rings (SSSR count). The van der Waals surface area contributed by atoms with E-state index in [1.54, 1.807) is 31.4 Å². The summed E-state index contributed by atoms with van der Waals surface area (Å²) in [5.74, 6) is -0.380. The highest BCUT2D eigenvalue weighted by Gasteiger charge is 2.34. The normalized spacial score (nSPS) is 16.0. The lowest BCUT2D eigenvalue weighted by atomic mass is 9.97. The Morgan fingerprint density at radius 1 is 1.14 bits per heavy atom. The third kappa shape index (κ3) is 4.31. The lowest BCUT2D eigenvalue weighted by Crippen LogP contribution is -2.27. The van der Waals surface area contributed by atoms with E-state index in [9.17, 15) is 14.7 Å². The number of nitrogens with zero attached hydrogens (tertiary/aromatic N) is 2. The fraction of sp³-hybridized carbons (Fsp3) is 0.286. The number of ether oxygens (including phenoxy) is 1. The molecule has 0 spiro atoms. The van der Waals surface area contributed by atoms with Crippen molar-refractivity contribution in [3.05, 3.63) is 59.7 Å². The van der Waals surface area contributed by atoms with Crippen LogP contribution in [0.15, 0.2) is 53.6 Å². The van der Waals surface area contributed by atoms with Gasteiger partial charge < -0.3 is 14.9 Å². The number of carbonyl (C=O) groups excluding carboxylic acids is 1. The number of aliphatic carboxylic acids is 1. The van der Waals surface area contributed by atoms with E-state index in [-0.39, 0.29) is 30.9 Å². The van der Waals surface area contributed by atoms with Gasteiger partial charge >= 0.3 is 5.97 Å². The summed E-state index contributed by atoms with van der Waals surface area (Å²) >= 11 is 0. The zero-order valence-electron chi connectivity index (χ0n) is 15.5. The summed E-state index contributed by atoms with van der Waals surface area (Å²) < 4.78 is 5.18. The second kappa shape index (κ2) is 8.56. The van der Waals surface area contributed by atoms with Crippen molar-refractivity contribution in [1.82, 2.24) is 5.01 Å². The fourth-order valence-corrected chi connectivity index (χ4v) is 3.22. The van der Waals surface area contributed by atoms with Crippen LogP contribution in [-0.4, -0.2) is 39.9 Å². The van der Waals surface area contributed by atoms with Crippen molar-refractivity contribution in [3.63, 3.8) is 0 Å². The minimum absolute atomic E-state index is 0.0735. The minimum Gasteiger partial charge on any atom is -0.508 e. The Kier molecular flexibility index (Phi) is 5.93. The molecule has 0 aliphatic carbocycles. The lowest BCUT2D eigenvalue weighted by molar-refractivity contribution is -0.137. The van der Waals surface area contributed by atoms with Gasteiger partial charge in [-0.3, -0.25) is 9.59 Å². The summed E-state index contributed by atoms with van der Waals surface area (Å²) in [7, 11) is 1.59. The first-order valence-electron chi connectivity index (χ1n) is 9.03. The molecule has 1 heterocycles. The molecule has 2 aromatic carbocycles. The third-order valence-corrected chi connectivity index (χ3v) is 4.67. The first kappa shape index (κ1) is 19.4. The highest BCUT2D eigenvalue weighted by atomic mass is 16.5. The van der Waals surface area contributed by atoms with Gasteiger partial charge in [0.1, 0.15) is 11.5 Å². The third-order valence-electron chi connectivity index (χ3n) is 4.67. The molecule has 7 nitrogen and oxygen atoms in total. The van der Waals surface area contributed by atoms with E-state index in [0.29, 0.717) is 12.0 Å². The summed E-state index contributed by atoms with van der Waals surface area (Å²) in [6.45, 7) is 0. The maximum atomic E-state index is 12.7. The van der Waals surface area contributed by atoms with Crippen LogP contribution in [-0.2, 0) is 9.59 Å². The standard InChI is InChI=1S/C21H22N2O5/c1-28-15-11-9-14(10-12-15)17-13-18(16-5-2-3-6-19(16)24)23(22-17)20(25)7-4-8-21(26)27/h2-3,5-6,9-12,18,24H,4,7-8,13H2,1H3,(H,26,27)/t18-/m1/s1. The second-order valence-corrected chi connectivity index (χ2v) is 6.54. The van der Waals surface area contributed by atoms with Crippen molar-refractivity contribution in [2.45, 2.75) is 31.7 Å². The van der Waals surface area contributed by atoms with Gasteiger partial charge in [-0.1, -0.05) is 18.2 Å². The van der Waals surface area contributed by atoms with Gasteiger partial charge in [-0.2, -0.15) is 5.10 Å². The number of rotatable bonds is 7. The molecule has 1 amide bonds. The van der Waals surface area contributed by atoms with E-state index in [1.165, 1.54) is 5.01 Å². The van der Waals surface area contributed by atoms with Gasteiger partial charge in [-0.05, 0) is 42.3 Å². The molecular formula is C21H22N2O5. The van der Waals surface area contributed by atoms with Crippen LogP contribution in [0.4, 0.5) is 0 Å². The summed E-state index contributed by atoms with van der Waals surface area (Å²) in [6, 6.07) is 13.8. The number of para-hydroxylation sites is 1. The number of methoxy groups -OCH3 is 1. The van der Waals surface area contributed by atoms with Crippen LogP contribution in [0.3, 0.4) is 0 Å². The lowest BCUT2D eigenvalue weighted by Gasteiger charge is -2.22. The zero-order valence-corrected chi connectivity index (χ0v) is 15.5. The quantitative estimate of drug-likeness (QED) is 0.765. The smallest absolute Gasteiger partial charge is 0.303 e. The van der Waals surface area contributed by atoms with Gasteiger partial charge in [0, 0.05) is 24.8 Å². The van der Waals surface area contributed by atoms with Crippen LogP contribution in [0.2, 0.25) is 0 Å². The molecule has 0 unspecified atom stereocenters. The zero-order chi connectivity index (χ0) is 20.1. The van der Waals surface area contributed by atoms with E-state index >= 15 is 0 Å². The number of carboxylic acid groups (broad SMARTS) is 1. The van der Waals surface area contributed by atoms with Gasteiger partial charge in [-0.15, -0.1) is 0 Å². The van der Waals surface area contributed by atoms with E-state index in [4.69, 9.17) is 9.84 Å². The Balaban J connectivity index is 1.87. The Labute approximate surface area is 162 Å². The van der Waals surface area contributed by atoms with Crippen LogP contribution < -0.4 is 4.74 Å². The Bertz CT molecular complexity index is 892. The Morgan fingerprint density at radius 3 is 2.50 bits per heavy atom. The maximum absolute atomic E-state index is 12.7. The predicted molar refractivity (Wildman–Crippen MR) is 103 cm³/mol. The predicted octanol–water partition coefficient (Wildman–Crippen LogP) is 3.33. The maximum Gasteiger partial charge on any atom is 0.303 e. The average molecular weight is 382 g/mol. The number of hydrazone groups is 1. The summed E-state index contributed by atoms with van der Waals surface area (Å²) in [4.78, 5) is 23.4. The number of benzene rings is 2. The van der Waals surface area contributed by atoms with Gasteiger partial charge in [0.05, 0.1) is 18.9 Å². The summed E-state index contributed by atoms with van der Waals surface area (Å²) in [5.41, 5.74) is 2.20. The van der Waals surface area contributed by atoms with Gasteiger partial charge in [-0.25, -0.2) is 5.01 Å². The number of carbonyl (C=O) groups is 2. The molecule has 28 heavy (non-hydrogen) atoms. The average Bonchev–Trinajstić information content (AvgIpc) is 3.13. The number of hydrogen-bond acceptors (Lipinski definition) is 5. The number of phenolic OH excluding ortho intramolecular Hbond substituents is 1. The van der Waals surface area contributed by atoms with Crippen molar-refractivity contribution < 1.29 is 24.5 Å². The van der Waals surface area contributed by atoms with Crippen molar-refractivity contribution >= 4 is 17.6 Å². The van der Waals surface area contributed by atoms with E-state index in [0.717, 1.165) is 17.0 Å². The number of amides is 1. The monoisotopic (exact) mass is 382 g/mol. The molecule has 2 N–H and O–H groups in total. The van der Waals surface area contributed by atoms with E-state index in [2.05, 4.69) is 5.10 Å². The van der Waals surface area contributed by atoms with Crippen LogP contribution in [0, 0.1) is 0 Å². The van der Waals surface area contributed by atoms with E-state index < -0.39 is 12.0 Å². The van der Waals surface area contributed by atoms with Crippen LogP contribution in [0.5, 0.6) is 11.5 Å². The van der Waals surface area contributed by atoms with Crippen LogP contribution in [0.25, 0.3) is 0 Å². The van der Waals surface area contributed by atoms with Gasteiger partial charge in [0.2, 0.25) is 5.91 Å². The molecule has 0 fully saturated rings. The first-order chi connectivity index (χ1) is 13.5.